The number of hydrogen-bond donors (Lipinski definition) is 2. The van der Waals surface area contributed by atoms with Gasteiger partial charge in [-0.3, -0.25) is 0 Å². The number of rotatable bonds is 5. The van der Waals surface area contributed by atoms with Crippen molar-refractivity contribution in [1.29, 1.82) is 0 Å². The van der Waals surface area contributed by atoms with Crippen LogP contribution in [0.15, 0.2) is 42.7 Å². The summed E-state index contributed by atoms with van der Waals surface area (Å²) in [6.45, 7) is 4.19. The summed E-state index contributed by atoms with van der Waals surface area (Å²) in [6, 6.07) is 13.1. The topological polar surface area (TPSA) is 75.4 Å². The third-order valence-corrected chi connectivity index (χ3v) is 7.77. The van der Waals surface area contributed by atoms with Crippen molar-refractivity contribution in [1.82, 2.24) is 14.5 Å². The van der Waals surface area contributed by atoms with Crippen molar-refractivity contribution in [2.45, 2.75) is 44.4 Å². The van der Waals surface area contributed by atoms with Gasteiger partial charge >= 0.3 is 0 Å². The number of thiazole rings is 1. The molecular formula is C25H29N5O2S. The van der Waals surface area contributed by atoms with E-state index in [0.29, 0.717) is 0 Å². The van der Waals surface area contributed by atoms with Crippen molar-refractivity contribution in [3.63, 3.8) is 0 Å². The van der Waals surface area contributed by atoms with Gasteiger partial charge in [-0.25, -0.2) is 9.97 Å². The maximum absolute atomic E-state index is 10.3. The van der Waals surface area contributed by atoms with Gasteiger partial charge < -0.3 is 24.6 Å². The molecule has 0 radical (unpaired) electrons. The molecule has 0 unspecified atom stereocenters. The monoisotopic (exact) mass is 463 g/mol. The van der Waals surface area contributed by atoms with Crippen LogP contribution in [0, 0.1) is 0 Å². The van der Waals surface area contributed by atoms with E-state index < -0.39 is 0 Å². The van der Waals surface area contributed by atoms with Crippen LogP contribution in [0.4, 0.5) is 10.8 Å². The fourth-order valence-electron chi connectivity index (χ4n) is 4.96. The molecule has 1 saturated carbocycles. The summed E-state index contributed by atoms with van der Waals surface area (Å²) in [4.78, 5) is 11.8. The molecule has 0 bridgehead atoms. The van der Waals surface area contributed by atoms with Gasteiger partial charge in [0.2, 0.25) is 0 Å². The molecule has 3 heterocycles. The number of aromatic nitrogens is 3. The Morgan fingerprint density at radius 2 is 1.94 bits per heavy atom. The van der Waals surface area contributed by atoms with E-state index in [4.69, 9.17) is 9.72 Å². The number of fused-ring (bicyclic) bond motifs is 2. The highest BCUT2D eigenvalue weighted by Gasteiger charge is 2.23. The molecule has 1 aliphatic heterocycles. The maximum Gasteiger partial charge on any atom is 0.184 e. The smallest absolute Gasteiger partial charge is 0.184 e. The van der Waals surface area contributed by atoms with Crippen LogP contribution in [0.3, 0.4) is 0 Å². The first-order valence-electron chi connectivity index (χ1n) is 11.8. The van der Waals surface area contributed by atoms with Crippen LogP contribution in [0.2, 0.25) is 0 Å². The second kappa shape index (κ2) is 8.93. The summed E-state index contributed by atoms with van der Waals surface area (Å²) < 4.78 is 8.85. The second-order valence-corrected chi connectivity index (χ2v) is 10.1. The molecule has 8 heteroatoms. The van der Waals surface area contributed by atoms with Crippen LogP contribution < -0.4 is 10.2 Å². The zero-order chi connectivity index (χ0) is 22.2. The number of imidazole rings is 1. The molecule has 33 heavy (non-hydrogen) atoms. The molecular weight excluding hydrogens is 434 g/mol. The van der Waals surface area contributed by atoms with Crippen molar-refractivity contribution in [3.8, 4) is 0 Å². The number of aliphatic hydroxyl groups is 1. The van der Waals surface area contributed by atoms with Crippen LogP contribution in [0.1, 0.15) is 31.2 Å². The van der Waals surface area contributed by atoms with Crippen LogP contribution in [0.5, 0.6) is 0 Å². The Morgan fingerprint density at radius 1 is 1.06 bits per heavy atom. The molecule has 2 N–H and O–H groups in total. The zero-order valence-electron chi connectivity index (χ0n) is 18.6. The Balaban J connectivity index is 1.20. The number of hydrogen-bond acceptors (Lipinski definition) is 7. The molecule has 0 spiro atoms. The Bertz CT molecular complexity index is 1260. The van der Waals surface area contributed by atoms with Gasteiger partial charge in [0.05, 0.1) is 52.9 Å². The highest BCUT2D eigenvalue weighted by Crippen LogP contribution is 2.30. The lowest BCUT2D eigenvalue weighted by Gasteiger charge is -2.28. The Hall–Kier alpha value is -2.68. The largest absolute Gasteiger partial charge is 0.391 e. The van der Waals surface area contributed by atoms with E-state index in [2.05, 4.69) is 56.2 Å². The van der Waals surface area contributed by atoms with Gasteiger partial charge in [-0.15, -0.1) is 0 Å². The molecule has 6 rings (SSSR count). The Morgan fingerprint density at radius 3 is 2.82 bits per heavy atom. The van der Waals surface area contributed by atoms with E-state index in [1.54, 1.807) is 11.3 Å². The maximum atomic E-state index is 10.3. The number of aliphatic hydroxyl groups excluding tert-OH is 1. The molecule has 1 saturated heterocycles. The van der Waals surface area contributed by atoms with Crippen LogP contribution in [0.25, 0.3) is 21.3 Å². The highest BCUT2D eigenvalue weighted by molar-refractivity contribution is 7.22. The average molecular weight is 464 g/mol. The van der Waals surface area contributed by atoms with Gasteiger partial charge in [-0.1, -0.05) is 30.2 Å². The summed E-state index contributed by atoms with van der Waals surface area (Å²) >= 11 is 1.67. The third kappa shape index (κ3) is 4.30. The number of ether oxygens (including phenoxy) is 1. The summed E-state index contributed by atoms with van der Waals surface area (Å²) in [5, 5.41) is 14.6. The van der Waals surface area contributed by atoms with Crippen LogP contribution in [-0.2, 0) is 11.3 Å². The number of anilines is 2. The number of morpholine rings is 1. The van der Waals surface area contributed by atoms with E-state index in [0.717, 1.165) is 80.2 Å². The second-order valence-electron chi connectivity index (χ2n) is 9.07. The first kappa shape index (κ1) is 20.9. The van der Waals surface area contributed by atoms with Crippen molar-refractivity contribution >= 4 is 43.4 Å². The van der Waals surface area contributed by atoms with Gasteiger partial charge in [-0.05, 0) is 48.7 Å². The standard InChI is InChI=1S/C25H29N5O2S/c31-23-4-2-1-3-19(23)27-25-28-20-7-5-17(13-24(20)33-25)15-30-16-26-21-14-18(6-8-22(21)30)29-9-11-32-12-10-29/h5-8,13-14,16,19,23,31H,1-4,9-12,15H2,(H,27,28)/t19-,23-/m1/s1. The van der Waals surface area contributed by atoms with E-state index in [1.807, 2.05) is 6.33 Å². The van der Waals surface area contributed by atoms with Crippen molar-refractivity contribution in [3.05, 3.63) is 48.3 Å². The van der Waals surface area contributed by atoms with Crippen LogP contribution >= 0.6 is 11.3 Å². The number of nitrogens with zero attached hydrogens (tertiary/aromatic N) is 4. The highest BCUT2D eigenvalue weighted by atomic mass is 32.1. The first-order chi connectivity index (χ1) is 16.2. The number of nitrogens with one attached hydrogen (secondary N) is 1. The number of benzene rings is 2. The normalized spacial score (nSPS) is 21.7. The molecule has 2 aromatic heterocycles. The predicted octanol–water partition coefficient (Wildman–Crippen LogP) is 4.25. The average Bonchev–Trinajstić information content (AvgIpc) is 3.44. The lowest BCUT2D eigenvalue weighted by atomic mass is 9.93. The van der Waals surface area contributed by atoms with Gasteiger partial charge in [0.15, 0.2) is 5.13 Å². The van der Waals surface area contributed by atoms with E-state index in [-0.39, 0.29) is 12.1 Å². The minimum Gasteiger partial charge on any atom is -0.391 e. The SMILES string of the molecule is O[C@@H]1CCCC[C@H]1Nc1nc2ccc(Cn3cnc4cc(N5CCOCC5)ccc43)cc2s1. The third-order valence-electron chi connectivity index (χ3n) is 6.82. The Labute approximate surface area is 197 Å². The fraction of sp³-hybridized carbons (Fsp3) is 0.440. The van der Waals surface area contributed by atoms with E-state index >= 15 is 0 Å². The molecule has 0 amide bonds. The predicted molar refractivity (Wildman–Crippen MR) is 133 cm³/mol. The van der Waals surface area contributed by atoms with Crippen LogP contribution in [-0.4, -0.2) is 58.1 Å². The molecule has 172 valence electrons. The molecule has 1 aliphatic carbocycles. The molecule has 2 aliphatic rings. The first-order valence-corrected chi connectivity index (χ1v) is 12.7. The molecule has 7 nitrogen and oxygen atoms in total. The van der Waals surface area contributed by atoms with E-state index in [1.165, 1.54) is 16.0 Å². The zero-order valence-corrected chi connectivity index (χ0v) is 19.4. The van der Waals surface area contributed by atoms with Gasteiger partial charge in [0.25, 0.3) is 0 Å². The Kier molecular flexibility index (Phi) is 5.65. The lowest BCUT2D eigenvalue weighted by molar-refractivity contribution is 0.116. The van der Waals surface area contributed by atoms with E-state index in [9.17, 15) is 5.11 Å². The van der Waals surface area contributed by atoms with Crippen molar-refractivity contribution in [2.75, 3.05) is 36.5 Å². The van der Waals surface area contributed by atoms with Gasteiger partial charge in [0.1, 0.15) is 0 Å². The minimum atomic E-state index is -0.278. The van der Waals surface area contributed by atoms with Crippen molar-refractivity contribution in [2.24, 2.45) is 0 Å². The summed E-state index contributed by atoms with van der Waals surface area (Å²) in [6.07, 6.45) is 5.81. The molecule has 2 aromatic carbocycles. The minimum absolute atomic E-state index is 0.110. The summed E-state index contributed by atoms with van der Waals surface area (Å²) in [5.74, 6) is 0. The van der Waals surface area contributed by atoms with Crippen molar-refractivity contribution < 1.29 is 9.84 Å². The molecule has 2 atom stereocenters. The lowest BCUT2D eigenvalue weighted by Crippen LogP contribution is -2.36. The summed E-state index contributed by atoms with van der Waals surface area (Å²) in [7, 11) is 0. The van der Waals surface area contributed by atoms with Gasteiger partial charge in [-0.2, -0.15) is 0 Å². The molecule has 4 aromatic rings. The molecule has 2 fully saturated rings. The summed E-state index contributed by atoms with van der Waals surface area (Å²) in [5.41, 5.74) is 5.61. The van der Waals surface area contributed by atoms with Gasteiger partial charge in [0, 0.05) is 25.3 Å². The quantitative estimate of drug-likeness (QED) is 0.461. The fourth-order valence-corrected chi connectivity index (χ4v) is 5.95.